The summed E-state index contributed by atoms with van der Waals surface area (Å²) in [5.74, 6) is 0.0657. The fourth-order valence-electron chi connectivity index (χ4n) is 2.50. The molecule has 0 aromatic carbocycles. The van der Waals surface area contributed by atoms with Crippen LogP contribution in [-0.4, -0.2) is 28.8 Å². The molecule has 23 heavy (non-hydrogen) atoms. The van der Waals surface area contributed by atoms with E-state index in [1.54, 1.807) is 0 Å². The van der Waals surface area contributed by atoms with Crippen LogP contribution in [0, 0.1) is 0 Å². The minimum atomic E-state index is -0.645. The van der Waals surface area contributed by atoms with Crippen LogP contribution in [0.4, 0.5) is 0 Å². The highest BCUT2D eigenvalue weighted by Crippen LogP contribution is 2.26. The first-order valence-electron chi connectivity index (χ1n) is 8.50. The highest BCUT2D eigenvalue weighted by molar-refractivity contribution is 5.79. The van der Waals surface area contributed by atoms with E-state index in [0.29, 0.717) is 44.9 Å². The SMILES string of the molecule is CCCCC(=O)NC(CCC(C)=O)(CCC(C)=O)CCC(C)=O. The summed E-state index contributed by atoms with van der Waals surface area (Å²) in [6.45, 7) is 6.56. The van der Waals surface area contributed by atoms with Crippen LogP contribution < -0.4 is 5.32 Å². The van der Waals surface area contributed by atoms with Gasteiger partial charge in [0, 0.05) is 31.2 Å². The Bertz CT molecular complexity index is 383. The number of Topliss-reactive ketones (excluding diaryl/α,β-unsaturated/α-hetero) is 3. The number of amides is 1. The molecule has 0 atom stereocenters. The summed E-state index contributed by atoms with van der Waals surface area (Å²) in [5.41, 5.74) is -0.645. The topological polar surface area (TPSA) is 80.3 Å². The van der Waals surface area contributed by atoms with Crippen LogP contribution in [0.25, 0.3) is 0 Å². The largest absolute Gasteiger partial charge is 0.351 e. The van der Waals surface area contributed by atoms with Crippen LogP contribution >= 0.6 is 0 Å². The van der Waals surface area contributed by atoms with Gasteiger partial charge in [-0.3, -0.25) is 4.79 Å². The molecule has 132 valence electrons. The lowest BCUT2D eigenvalue weighted by Crippen LogP contribution is -2.49. The summed E-state index contributed by atoms with van der Waals surface area (Å²) >= 11 is 0. The lowest BCUT2D eigenvalue weighted by Gasteiger charge is -2.35. The maximum Gasteiger partial charge on any atom is 0.220 e. The second-order valence-electron chi connectivity index (χ2n) is 6.54. The Labute approximate surface area is 139 Å². The average molecular weight is 325 g/mol. The summed E-state index contributed by atoms with van der Waals surface area (Å²) < 4.78 is 0. The van der Waals surface area contributed by atoms with Crippen molar-refractivity contribution in [2.24, 2.45) is 0 Å². The monoisotopic (exact) mass is 325 g/mol. The van der Waals surface area contributed by atoms with Crippen molar-refractivity contribution in [2.75, 3.05) is 0 Å². The van der Waals surface area contributed by atoms with Gasteiger partial charge in [0.25, 0.3) is 0 Å². The molecule has 0 aliphatic carbocycles. The molecule has 0 bridgehead atoms. The number of nitrogens with one attached hydrogen (secondary N) is 1. The van der Waals surface area contributed by atoms with Crippen LogP contribution in [0.3, 0.4) is 0 Å². The Balaban J connectivity index is 5.14. The Morgan fingerprint density at radius 1 is 0.739 bits per heavy atom. The molecule has 0 aliphatic heterocycles. The molecule has 5 nitrogen and oxygen atoms in total. The van der Waals surface area contributed by atoms with Gasteiger partial charge in [-0.2, -0.15) is 0 Å². The summed E-state index contributed by atoms with van der Waals surface area (Å²) in [4.78, 5) is 46.3. The Morgan fingerprint density at radius 2 is 1.13 bits per heavy atom. The molecular formula is C18H31NO4. The first kappa shape index (κ1) is 21.5. The number of carbonyl (C=O) groups is 4. The van der Waals surface area contributed by atoms with Crippen molar-refractivity contribution in [1.29, 1.82) is 0 Å². The highest BCUT2D eigenvalue weighted by Gasteiger charge is 2.32. The summed E-state index contributed by atoms with van der Waals surface area (Å²) in [6.07, 6.45) is 4.58. The molecule has 1 amide bonds. The van der Waals surface area contributed by atoms with Crippen LogP contribution in [0.2, 0.25) is 0 Å². The normalized spacial score (nSPS) is 11.1. The lowest BCUT2D eigenvalue weighted by molar-refractivity contribution is -0.126. The fraction of sp³-hybridized carbons (Fsp3) is 0.778. The Morgan fingerprint density at radius 3 is 1.43 bits per heavy atom. The van der Waals surface area contributed by atoms with E-state index in [4.69, 9.17) is 0 Å². The van der Waals surface area contributed by atoms with Gasteiger partial charge in [-0.05, 0) is 46.5 Å². The van der Waals surface area contributed by atoms with Gasteiger partial charge < -0.3 is 19.7 Å². The quantitative estimate of drug-likeness (QED) is 0.564. The van der Waals surface area contributed by atoms with E-state index in [0.717, 1.165) is 12.8 Å². The predicted molar refractivity (Wildman–Crippen MR) is 90.1 cm³/mol. The second kappa shape index (κ2) is 11.1. The lowest BCUT2D eigenvalue weighted by atomic mass is 9.82. The van der Waals surface area contributed by atoms with E-state index in [1.165, 1.54) is 20.8 Å². The summed E-state index contributed by atoms with van der Waals surface area (Å²) in [5, 5.41) is 3.04. The molecule has 0 radical (unpaired) electrons. The number of hydrogen-bond donors (Lipinski definition) is 1. The minimum Gasteiger partial charge on any atom is -0.351 e. The molecule has 0 saturated carbocycles. The maximum absolute atomic E-state index is 12.2. The van der Waals surface area contributed by atoms with Gasteiger partial charge in [-0.15, -0.1) is 0 Å². The third-order valence-corrected chi connectivity index (χ3v) is 4.03. The maximum atomic E-state index is 12.2. The average Bonchev–Trinajstić information content (AvgIpc) is 2.46. The standard InChI is InChI=1S/C18H31NO4/c1-5-6-7-17(23)19-18(11-8-14(2)20,12-9-15(3)21)13-10-16(4)22/h5-13H2,1-4H3,(H,19,23). The van der Waals surface area contributed by atoms with E-state index in [2.05, 4.69) is 5.32 Å². The van der Waals surface area contributed by atoms with Crippen LogP contribution in [-0.2, 0) is 19.2 Å². The van der Waals surface area contributed by atoms with Crippen LogP contribution in [0.5, 0.6) is 0 Å². The van der Waals surface area contributed by atoms with Crippen molar-refractivity contribution in [3.8, 4) is 0 Å². The third-order valence-electron chi connectivity index (χ3n) is 4.03. The zero-order chi connectivity index (χ0) is 17.9. The molecule has 0 aromatic rings. The number of rotatable bonds is 13. The smallest absolute Gasteiger partial charge is 0.220 e. The van der Waals surface area contributed by atoms with E-state index in [1.807, 2.05) is 6.92 Å². The molecule has 1 N–H and O–H groups in total. The zero-order valence-corrected chi connectivity index (χ0v) is 15.0. The van der Waals surface area contributed by atoms with Crippen molar-refractivity contribution >= 4 is 23.3 Å². The van der Waals surface area contributed by atoms with Gasteiger partial charge in [0.05, 0.1) is 0 Å². The van der Waals surface area contributed by atoms with Gasteiger partial charge in [0.2, 0.25) is 5.91 Å². The number of unbranched alkanes of at least 4 members (excludes halogenated alkanes) is 1. The zero-order valence-electron chi connectivity index (χ0n) is 15.0. The molecule has 0 rings (SSSR count). The van der Waals surface area contributed by atoms with Gasteiger partial charge in [0.15, 0.2) is 0 Å². The summed E-state index contributed by atoms with van der Waals surface area (Å²) in [7, 11) is 0. The molecular weight excluding hydrogens is 294 g/mol. The molecule has 0 aliphatic rings. The van der Waals surface area contributed by atoms with Gasteiger partial charge >= 0.3 is 0 Å². The van der Waals surface area contributed by atoms with Crippen molar-refractivity contribution < 1.29 is 19.2 Å². The Hall–Kier alpha value is -1.52. The molecule has 0 unspecified atom stereocenters. The van der Waals surface area contributed by atoms with Gasteiger partial charge in [0.1, 0.15) is 17.3 Å². The molecule has 0 saturated heterocycles. The van der Waals surface area contributed by atoms with Gasteiger partial charge in [-0.25, -0.2) is 0 Å². The molecule has 0 aromatic heterocycles. The van der Waals surface area contributed by atoms with Crippen LogP contribution in [0.1, 0.15) is 85.5 Å². The first-order chi connectivity index (χ1) is 10.7. The van der Waals surface area contributed by atoms with E-state index in [9.17, 15) is 19.2 Å². The van der Waals surface area contributed by atoms with E-state index >= 15 is 0 Å². The molecule has 0 fully saturated rings. The highest BCUT2D eigenvalue weighted by atomic mass is 16.2. The third kappa shape index (κ3) is 10.8. The number of hydrogen-bond acceptors (Lipinski definition) is 4. The number of carbonyl (C=O) groups excluding carboxylic acids is 4. The molecule has 0 heterocycles. The van der Waals surface area contributed by atoms with Crippen molar-refractivity contribution in [3.63, 3.8) is 0 Å². The van der Waals surface area contributed by atoms with Crippen molar-refractivity contribution in [3.05, 3.63) is 0 Å². The minimum absolute atomic E-state index is 0.0443. The van der Waals surface area contributed by atoms with E-state index in [-0.39, 0.29) is 23.3 Å². The second-order valence-corrected chi connectivity index (χ2v) is 6.54. The predicted octanol–water partition coefficient (Wildman–Crippen LogP) is 3.14. The van der Waals surface area contributed by atoms with E-state index < -0.39 is 5.54 Å². The summed E-state index contributed by atoms with van der Waals surface area (Å²) in [6, 6.07) is 0. The van der Waals surface area contributed by atoms with Gasteiger partial charge in [-0.1, -0.05) is 13.3 Å². The van der Waals surface area contributed by atoms with Crippen LogP contribution in [0.15, 0.2) is 0 Å². The molecule has 5 heteroatoms. The first-order valence-corrected chi connectivity index (χ1v) is 8.50. The Kier molecular flexibility index (Phi) is 10.4. The van der Waals surface area contributed by atoms with Crippen molar-refractivity contribution in [1.82, 2.24) is 5.32 Å². The van der Waals surface area contributed by atoms with Crippen molar-refractivity contribution in [2.45, 2.75) is 91.0 Å². The molecule has 0 spiro atoms. The fourth-order valence-corrected chi connectivity index (χ4v) is 2.50. The number of ketones is 3.